The van der Waals surface area contributed by atoms with Gasteiger partial charge in [-0.1, -0.05) is 66.0 Å². The number of hydrogen-bond donors (Lipinski definition) is 2. The van der Waals surface area contributed by atoms with Gasteiger partial charge < -0.3 is 15.1 Å². The molecule has 0 saturated heterocycles. The molecule has 4 aliphatic rings. The Morgan fingerprint density at radius 3 is 2.73 bits per heavy atom. The van der Waals surface area contributed by atoms with Crippen molar-refractivity contribution in [3.8, 4) is 0 Å². The molecular formula is C30H37Cl2NO4. The predicted molar refractivity (Wildman–Crippen MR) is 148 cm³/mol. The number of benzene rings is 1. The van der Waals surface area contributed by atoms with E-state index in [-0.39, 0.29) is 22.9 Å². The van der Waals surface area contributed by atoms with Crippen LogP contribution in [0.3, 0.4) is 0 Å². The van der Waals surface area contributed by atoms with Crippen LogP contribution >= 0.6 is 23.2 Å². The molecule has 3 saturated carbocycles. The number of aliphatic hydroxyl groups is 1. The molecule has 37 heavy (non-hydrogen) atoms. The van der Waals surface area contributed by atoms with Gasteiger partial charge in [-0.25, -0.2) is 4.79 Å². The molecule has 2 N–H and O–H groups in total. The van der Waals surface area contributed by atoms with E-state index in [9.17, 15) is 9.90 Å². The Kier molecular flexibility index (Phi) is 7.52. The molecule has 4 aliphatic carbocycles. The second-order valence-corrected chi connectivity index (χ2v) is 12.9. The van der Waals surface area contributed by atoms with Crippen molar-refractivity contribution in [3.05, 3.63) is 51.5 Å². The number of halogens is 2. The standard InChI is InChI=1S/C30H37Cl2NO4/c1-29-13-11-21(34)15-19(29)5-7-22-23-8-9-25(30(23,2)14-12-24(22)29)27(33-37-17-28(35)36)10-4-18-3-6-20(31)16-26(18)32/h3-6,10,16,21-25,34H,7-9,11-15,17H2,1-2H3,(H,35,36)/b10-4+,33-27+/t21-,22-,23-,24-,25+,29-,30-/m0/s1. The SMILES string of the molecule is C[C@]12CC[C@H]3[C@@H](CC=C4C[C@@H](O)CC[C@@]43C)[C@@H]1CC[C@@H]2C(/C=C/c1ccc(Cl)cc1Cl)=N/OCC(=O)O. The fourth-order valence-corrected chi connectivity index (χ4v) is 8.78. The highest BCUT2D eigenvalue weighted by molar-refractivity contribution is 6.35. The topological polar surface area (TPSA) is 79.1 Å². The average Bonchev–Trinajstić information content (AvgIpc) is 3.19. The zero-order valence-electron chi connectivity index (χ0n) is 21.6. The van der Waals surface area contributed by atoms with Gasteiger partial charge in [-0.15, -0.1) is 0 Å². The summed E-state index contributed by atoms with van der Waals surface area (Å²) in [4.78, 5) is 16.4. The minimum atomic E-state index is -1.04. The molecule has 200 valence electrons. The number of oxime groups is 1. The second kappa shape index (κ2) is 10.4. The lowest BCUT2D eigenvalue weighted by Gasteiger charge is -2.58. The van der Waals surface area contributed by atoms with Crippen molar-refractivity contribution < 1.29 is 19.8 Å². The molecule has 0 bridgehead atoms. The van der Waals surface area contributed by atoms with Crippen molar-refractivity contribution in [3.63, 3.8) is 0 Å². The van der Waals surface area contributed by atoms with E-state index in [1.807, 2.05) is 18.2 Å². The molecule has 0 aromatic heterocycles. The van der Waals surface area contributed by atoms with Crippen LogP contribution in [0.15, 0.2) is 41.1 Å². The Labute approximate surface area is 229 Å². The van der Waals surface area contributed by atoms with Gasteiger partial charge in [0, 0.05) is 16.0 Å². The number of hydrogen-bond acceptors (Lipinski definition) is 4. The first-order valence-corrected chi connectivity index (χ1v) is 14.3. The van der Waals surface area contributed by atoms with Crippen LogP contribution in [0.2, 0.25) is 10.0 Å². The lowest BCUT2D eigenvalue weighted by Crippen LogP contribution is -2.51. The smallest absolute Gasteiger partial charge is 0.344 e. The van der Waals surface area contributed by atoms with Gasteiger partial charge >= 0.3 is 5.97 Å². The highest BCUT2D eigenvalue weighted by Gasteiger charge is 2.59. The highest BCUT2D eigenvalue weighted by atomic mass is 35.5. The van der Waals surface area contributed by atoms with Crippen LogP contribution in [-0.2, 0) is 9.63 Å². The summed E-state index contributed by atoms with van der Waals surface area (Å²) in [5.74, 6) is 1.00. The summed E-state index contributed by atoms with van der Waals surface area (Å²) in [5, 5.41) is 24.9. The van der Waals surface area contributed by atoms with Gasteiger partial charge in [-0.2, -0.15) is 0 Å². The number of carboxylic acid groups (broad SMARTS) is 1. The largest absolute Gasteiger partial charge is 0.479 e. The Balaban J connectivity index is 1.42. The number of rotatable bonds is 6. The summed E-state index contributed by atoms with van der Waals surface area (Å²) in [6, 6.07) is 5.38. The summed E-state index contributed by atoms with van der Waals surface area (Å²) in [7, 11) is 0. The second-order valence-electron chi connectivity index (χ2n) is 12.0. The van der Waals surface area contributed by atoms with Crippen LogP contribution in [-0.4, -0.2) is 34.6 Å². The van der Waals surface area contributed by atoms with Gasteiger partial charge in [0.05, 0.1) is 11.8 Å². The zero-order valence-corrected chi connectivity index (χ0v) is 23.1. The number of nitrogens with zero attached hydrogens (tertiary/aromatic N) is 1. The van der Waals surface area contributed by atoms with E-state index in [1.54, 1.807) is 12.1 Å². The fourth-order valence-electron chi connectivity index (χ4n) is 8.31. The first-order valence-electron chi connectivity index (χ1n) is 13.5. The Morgan fingerprint density at radius 1 is 1.16 bits per heavy atom. The van der Waals surface area contributed by atoms with E-state index in [4.69, 9.17) is 33.1 Å². The van der Waals surface area contributed by atoms with Gasteiger partial charge in [0.25, 0.3) is 0 Å². The van der Waals surface area contributed by atoms with E-state index in [0.717, 1.165) is 56.2 Å². The van der Waals surface area contributed by atoms with Crippen LogP contribution in [0.5, 0.6) is 0 Å². The summed E-state index contributed by atoms with van der Waals surface area (Å²) >= 11 is 12.5. The number of aliphatic hydroxyl groups excluding tert-OH is 1. The van der Waals surface area contributed by atoms with Crippen molar-refractivity contribution in [2.45, 2.75) is 71.3 Å². The quantitative estimate of drug-likeness (QED) is 0.221. The fraction of sp³-hybridized carbons (Fsp3) is 0.600. The molecule has 1 aromatic carbocycles. The number of allylic oxidation sites excluding steroid dienone is 2. The maximum Gasteiger partial charge on any atom is 0.344 e. The summed E-state index contributed by atoms with van der Waals surface area (Å²) in [6.45, 7) is 4.39. The first kappa shape index (κ1) is 26.8. The van der Waals surface area contributed by atoms with Gasteiger partial charge in [0.2, 0.25) is 6.61 Å². The monoisotopic (exact) mass is 545 g/mol. The molecule has 7 heteroatoms. The summed E-state index contributed by atoms with van der Waals surface area (Å²) < 4.78 is 0. The van der Waals surface area contributed by atoms with Crippen molar-refractivity contribution in [2.24, 2.45) is 39.7 Å². The Hall–Kier alpha value is -1.82. The lowest BCUT2D eigenvalue weighted by molar-refractivity contribution is -0.142. The lowest BCUT2D eigenvalue weighted by atomic mass is 9.47. The molecule has 7 atom stereocenters. The molecule has 3 fully saturated rings. The minimum absolute atomic E-state index is 0.0661. The van der Waals surface area contributed by atoms with Crippen molar-refractivity contribution in [1.82, 2.24) is 0 Å². The maximum atomic E-state index is 11.1. The van der Waals surface area contributed by atoms with Crippen molar-refractivity contribution in [1.29, 1.82) is 0 Å². The third kappa shape index (κ3) is 4.99. The Morgan fingerprint density at radius 2 is 1.97 bits per heavy atom. The molecule has 1 aromatic rings. The van der Waals surface area contributed by atoms with E-state index in [1.165, 1.54) is 12.0 Å². The predicted octanol–water partition coefficient (Wildman–Crippen LogP) is 7.40. The number of aliphatic carboxylic acids is 1. The number of carbonyl (C=O) groups is 1. The van der Waals surface area contributed by atoms with Crippen LogP contribution in [0.25, 0.3) is 6.08 Å². The molecule has 0 spiro atoms. The van der Waals surface area contributed by atoms with E-state index in [0.29, 0.717) is 27.8 Å². The molecule has 0 heterocycles. The molecule has 5 rings (SSSR count). The van der Waals surface area contributed by atoms with Gasteiger partial charge in [0.15, 0.2) is 0 Å². The molecule has 5 nitrogen and oxygen atoms in total. The number of fused-ring (bicyclic) bond motifs is 5. The van der Waals surface area contributed by atoms with Crippen molar-refractivity contribution >= 4 is 41.0 Å². The number of carboxylic acids is 1. The van der Waals surface area contributed by atoms with E-state index >= 15 is 0 Å². The Bertz CT molecular complexity index is 1150. The van der Waals surface area contributed by atoms with Crippen LogP contribution in [0.1, 0.15) is 70.8 Å². The van der Waals surface area contributed by atoms with Gasteiger partial charge in [-0.05, 0) is 104 Å². The van der Waals surface area contributed by atoms with E-state index in [2.05, 4.69) is 25.1 Å². The summed E-state index contributed by atoms with van der Waals surface area (Å²) in [5.41, 5.74) is 3.37. The minimum Gasteiger partial charge on any atom is -0.479 e. The van der Waals surface area contributed by atoms with E-state index < -0.39 is 12.6 Å². The van der Waals surface area contributed by atoms with Crippen LogP contribution < -0.4 is 0 Å². The summed E-state index contributed by atoms with van der Waals surface area (Å²) in [6.07, 6.45) is 14.5. The first-order chi connectivity index (χ1) is 17.6. The normalized spacial score (nSPS) is 37.5. The molecular weight excluding hydrogens is 509 g/mol. The van der Waals surface area contributed by atoms with Crippen LogP contribution in [0.4, 0.5) is 0 Å². The van der Waals surface area contributed by atoms with Crippen molar-refractivity contribution in [2.75, 3.05) is 6.61 Å². The third-order valence-corrected chi connectivity index (χ3v) is 10.8. The average molecular weight is 547 g/mol. The zero-order chi connectivity index (χ0) is 26.4. The molecule has 0 aliphatic heterocycles. The molecule has 0 unspecified atom stereocenters. The van der Waals surface area contributed by atoms with Gasteiger partial charge in [-0.3, -0.25) is 0 Å². The molecule has 0 amide bonds. The maximum absolute atomic E-state index is 11.1. The highest BCUT2D eigenvalue weighted by Crippen LogP contribution is 2.66. The third-order valence-electron chi connectivity index (χ3n) is 10.2. The van der Waals surface area contributed by atoms with Crippen LogP contribution in [0, 0.1) is 34.5 Å². The van der Waals surface area contributed by atoms with Gasteiger partial charge in [0.1, 0.15) is 0 Å². The molecule has 0 radical (unpaired) electrons.